The Bertz CT molecular complexity index is 1280. The number of amides is 2. The Morgan fingerprint density at radius 1 is 1.08 bits per heavy atom. The van der Waals surface area contributed by atoms with Crippen LogP contribution < -0.4 is 0 Å². The van der Waals surface area contributed by atoms with Crippen molar-refractivity contribution < 1.29 is 19.4 Å². The summed E-state index contributed by atoms with van der Waals surface area (Å²) < 4.78 is 6.20. The summed E-state index contributed by atoms with van der Waals surface area (Å²) in [5.74, 6) is 5.27. The van der Waals surface area contributed by atoms with Crippen molar-refractivity contribution in [1.29, 1.82) is 0 Å². The predicted molar refractivity (Wildman–Crippen MR) is 140 cm³/mol. The van der Waals surface area contributed by atoms with Crippen LogP contribution in [0.5, 0.6) is 0 Å². The first-order chi connectivity index (χ1) is 17.8. The molecule has 2 amide bonds. The molecule has 37 heavy (non-hydrogen) atoms. The molecule has 0 bridgehead atoms. The lowest BCUT2D eigenvalue weighted by molar-refractivity contribution is -0.132. The number of ether oxygens (including phenoxy) is 1. The minimum absolute atomic E-state index is 0.0437. The zero-order valence-electron chi connectivity index (χ0n) is 21.1. The lowest BCUT2D eigenvalue weighted by atomic mass is 10.1. The van der Waals surface area contributed by atoms with Gasteiger partial charge < -0.3 is 19.6 Å². The number of rotatable bonds is 6. The number of hydrogen-bond donors (Lipinski definition) is 1. The van der Waals surface area contributed by atoms with Crippen LogP contribution in [-0.4, -0.2) is 63.0 Å². The minimum Gasteiger partial charge on any atom is -0.378 e. The van der Waals surface area contributed by atoms with Crippen LogP contribution in [0.4, 0.5) is 0 Å². The van der Waals surface area contributed by atoms with Gasteiger partial charge in [0, 0.05) is 43.2 Å². The molecule has 1 fully saturated rings. The molecule has 1 N–H and O–H groups in total. The molecule has 1 aromatic heterocycles. The van der Waals surface area contributed by atoms with Crippen LogP contribution in [0.1, 0.15) is 40.9 Å². The second kappa shape index (κ2) is 11.8. The summed E-state index contributed by atoms with van der Waals surface area (Å²) >= 11 is 0. The van der Waals surface area contributed by atoms with Crippen molar-refractivity contribution in [1.82, 2.24) is 14.8 Å². The molecule has 0 radical (unpaired) electrons. The summed E-state index contributed by atoms with van der Waals surface area (Å²) in [6, 6.07) is 20.5. The van der Waals surface area contributed by atoms with Gasteiger partial charge in [-0.15, -0.1) is 0 Å². The quantitative estimate of drug-likeness (QED) is 0.529. The van der Waals surface area contributed by atoms with Gasteiger partial charge in [0.2, 0.25) is 5.91 Å². The van der Waals surface area contributed by atoms with E-state index in [1.165, 1.54) is 0 Å². The van der Waals surface area contributed by atoms with Gasteiger partial charge in [0.05, 0.1) is 12.7 Å². The zero-order valence-corrected chi connectivity index (χ0v) is 21.1. The number of benzene rings is 2. The number of aromatic nitrogens is 1. The van der Waals surface area contributed by atoms with Gasteiger partial charge >= 0.3 is 0 Å². The van der Waals surface area contributed by atoms with E-state index in [9.17, 15) is 14.7 Å². The molecule has 190 valence electrons. The average molecular weight is 498 g/mol. The summed E-state index contributed by atoms with van der Waals surface area (Å²) in [6.07, 6.45) is 3.07. The van der Waals surface area contributed by atoms with E-state index < -0.39 is 5.60 Å². The van der Waals surface area contributed by atoms with E-state index in [0.717, 1.165) is 11.1 Å². The third-order valence-electron chi connectivity index (χ3n) is 5.86. The fraction of sp³-hybridized carbons (Fsp3) is 0.300. The highest BCUT2D eigenvalue weighted by atomic mass is 16.5. The SMILES string of the molecule is CC(C)(O)C#Cc1cccc(C(=O)N2CC(=O)N(Cc3ccccc3)CC(OCc3cccnc3)C2)c1. The average Bonchev–Trinajstić information content (AvgIpc) is 3.05. The Morgan fingerprint density at radius 2 is 1.86 bits per heavy atom. The van der Waals surface area contributed by atoms with Gasteiger partial charge in [-0.2, -0.15) is 0 Å². The van der Waals surface area contributed by atoms with Crippen LogP contribution in [0.2, 0.25) is 0 Å². The molecule has 3 aromatic rings. The molecule has 0 spiro atoms. The molecule has 1 atom stereocenters. The van der Waals surface area contributed by atoms with Crippen LogP contribution in [0, 0.1) is 11.8 Å². The van der Waals surface area contributed by atoms with Crippen molar-refractivity contribution in [3.05, 3.63) is 101 Å². The molecule has 1 unspecified atom stereocenters. The summed E-state index contributed by atoms with van der Waals surface area (Å²) in [4.78, 5) is 34.2. The first kappa shape index (κ1) is 26.1. The van der Waals surface area contributed by atoms with E-state index in [-0.39, 0.29) is 31.0 Å². The van der Waals surface area contributed by atoms with Crippen molar-refractivity contribution in [3.63, 3.8) is 0 Å². The van der Waals surface area contributed by atoms with Crippen LogP contribution in [-0.2, 0) is 22.7 Å². The highest BCUT2D eigenvalue weighted by Crippen LogP contribution is 2.17. The van der Waals surface area contributed by atoms with E-state index in [4.69, 9.17) is 4.74 Å². The molecule has 1 aliphatic rings. The van der Waals surface area contributed by atoms with Gasteiger partial charge in [-0.3, -0.25) is 14.6 Å². The van der Waals surface area contributed by atoms with Crippen molar-refractivity contribution in [3.8, 4) is 11.8 Å². The number of carbonyl (C=O) groups is 2. The Balaban J connectivity index is 1.55. The smallest absolute Gasteiger partial charge is 0.254 e. The van der Waals surface area contributed by atoms with E-state index in [2.05, 4.69) is 16.8 Å². The first-order valence-electron chi connectivity index (χ1n) is 12.2. The number of nitrogens with zero attached hydrogens (tertiary/aromatic N) is 3. The molecule has 2 heterocycles. The van der Waals surface area contributed by atoms with Crippen LogP contribution in [0.15, 0.2) is 79.1 Å². The van der Waals surface area contributed by atoms with E-state index >= 15 is 0 Å². The van der Waals surface area contributed by atoms with Gasteiger partial charge in [0.1, 0.15) is 12.1 Å². The third kappa shape index (κ3) is 7.74. The van der Waals surface area contributed by atoms with Gasteiger partial charge in [0.25, 0.3) is 5.91 Å². The van der Waals surface area contributed by atoms with Crippen molar-refractivity contribution >= 4 is 11.8 Å². The highest BCUT2D eigenvalue weighted by Gasteiger charge is 2.31. The monoisotopic (exact) mass is 497 g/mol. The fourth-order valence-electron chi connectivity index (χ4n) is 4.03. The lowest BCUT2D eigenvalue weighted by Crippen LogP contribution is -2.39. The van der Waals surface area contributed by atoms with Gasteiger partial charge in [-0.05, 0) is 49.2 Å². The molecular weight excluding hydrogens is 466 g/mol. The molecule has 7 heteroatoms. The van der Waals surface area contributed by atoms with Crippen LogP contribution >= 0.6 is 0 Å². The van der Waals surface area contributed by atoms with Gasteiger partial charge in [-0.1, -0.05) is 54.3 Å². The van der Waals surface area contributed by atoms with Crippen molar-refractivity contribution in [2.45, 2.75) is 38.7 Å². The molecule has 0 aliphatic carbocycles. The molecule has 7 nitrogen and oxygen atoms in total. The van der Waals surface area contributed by atoms with Crippen LogP contribution in [0.25, 0.3) is 0 Å². The highest BCUT2D eigenvalue weighted by molar-refractivity contribution is 5.97. The molecule has 4 rings (SSSR count). The van der Waals surface area contributed by atoms with E-state index in [1.807, 2.05) is 42.5 Å². The lowest BCUT2D eigenvalue weighted by Gasteiger charge is -2.25. The topological polar surface area (TPSA) is 83.0 Å². The molecule has 1 saturated heterocycles. The van der Waals surface area contributed by atoms with Gasteiger partial charge in [0.15, 0.2) is 0 Å². The minimum atomic E-state index is -1.14. The Hall–Kier alpha value is -3.99. The van der Waals surface area contributed by atoms with Crippen molar-refractivity contribution in [2.75, 3.05) is 19.6 Å². The second-order valence-corrected chi connectivity index (χ2v) is 9.63. The number of aliphatic hydroxyl groups is 1. The summed E-state index contributed by atoms with van der Waals surface area (Å²) in [5, 5.41) is 9.91. The largest absolute Gasteiger partial charge is 0.378 e. The summed E-state index contributed by atoms with van der Waals surface area (Å²) in [7, 11) is 0. The Kier molecular flexibility index (Phi) is 8.34. The molecule has 1 aliphatic heterocycles. The second-order valence-electron chi connectivity index (χ2n) is 9.63. The standard InChI is InChI=1S/C30H31N3O4/c1-30(2,36)14-13-23-10-6-12-26(16-23)29(35)33-20-27(37-22-25-11-7-15-31-17-25)19-32(28(34)21-33)18-24-8-4-3-5-9-24/h3-12,15-17,27,36H,18-22H2,1-2H3. The third-order valence-corrected chi connectivity index (χ3v) is 5.86. The Morgan fingerprint density at radius 3 is 2.59 bits per heavy atom. The predicted octanol–water partition coefficient (Wildman–Crippen LogP) is 3.27. The normalized spacial score (nSPS) is 16.1. The summed E-state index contributed by atoms with van der Waals surface area (Å²) in [6.45, 7) is 4.57. The number of pyridine rings is 1. The van der Waals surface area contributed by atoms with E-state index in [1.54, 1.807) is 60.3 Å². The Labute approximate surface area is 217 Å². The zero-order chi connectivity index (χ0) is 26.3. The molecular formula is C30H31N3O4. The van der Waals surface area contributed by atoms with Gasteiger partial charge in [-0.25, -0.2) is 0 Å². The maximum Gasteiger partial charge on any atom is 0.254 e. The first-order valence-corrected chi connectivity index (χ1v) is 12.2. The maximum atomic E-state index is 13.5. The van der Waals surface area contributed by atoms with Crippen molar-refractivity contribution in [2.24, 2.45) is 0 Å². The molecule has 0 saturated carbocycles. The van der Waals surface area contributed by atoms with Crippen LogP contribution in [0.3, 0.4) is 0 Å². The summed E-state index contributed by atoms with van der Waals surface area (Å²) in [5.41, 5.74) is 1.84. The number of hydrogen-bond acceptors (Lipinski definition) is 5. The fourth-order valence-corrected chi connectivity index (χ4v) is 4.03. The molecule has 2 aromatic carbocycles. The van der Waals surface area contributed by atoms with E-state index in [0.29, 0.717) is 30.8 Å². The maximum absolute atomic E-state index is 13.5. The number of carbonyl (C=O) groups excluding carboxylic acids is 2.